The number of benzene rings is 2. The Labute approximate surface area is 179 Å². The largest absolute Gasteiger partial charge is 0.496 e. The lowest BCUT2D eigenvalue weighted by atomic mass is 10.0. The lowest BCUT2D eigenvalue weighted by Crippen LogP contribution is -2.14. The lowest BCUT2D eigenvalue weighted by Gasteiger charge is -2.13. The molecule has 3 rings (SSSR count). The fraction of sp³-hybridized carbons (Fsp3) is 0.217. The number of nitrogens with one attached hydrogen (secondary N) is 1. The molecule has 0 aliphatic rings. The van der Waals surface area contributed by atoms with Crippen molar-refractivity contribution in [2.75, 3.05) is 26.6 Å². The molecule has 0 aliphatic carbocycles. The maximum absolute atomic E-state index is 12.3. The molecule has 30 heavy (non-hydrogen) atoms. The zero-order chi connectivity index (χ0) is 21.5. The number of carbonyl (C=O) groups is 2. The lowest BCUT2D eigenvalue weighted by molar-refractivity contribution is -0.116. The van der Waals surface area contributed by atoms with Crippen LogP contribution in [0.15, 0.2) is 53.9 Å². The van der Waals surface area contributed by atoms with Crippen LogP contribution in [0.3, 0.4) is 0 Å². The Morgan fingerprint density at radius 2 is 1.60 bits per heavy atom. The molecule has 6 nitrogen and oxygen atoms in total. The average Bonchev–Trinajstić information content (AvgIpc) is 3.24. The molecule has 0 bridgehead atoms. The Morgan fingerprint density at radius 1 is 0.933 bits per heavy atom. The molecule has 0 saturated carbocycles. The van der Waals surface area contributed by atoms with Gasteiger partial charge < -0.3 is 19.5 Å². The van der Waals surface area contributed by atoms with Crippen molar-refractivity contribution in [1.82, 2.24) is 0 Å². The second-order valence-electron chi connectivity index (χ2n) is 6.44. The van der Waals surface area contributed by atoms with E-state index in [1.54, 1.807) is 25.7 Å². The molecule has 0 fully saturated rings. The summed E-state index contributed by atoms with van der Waals surface area (Å²) >= 11 is 1.23. The van der Waals surface area contributed by atoms with Gasteiger partial charge in [0.1, 0.15) is 16.4 Å². The predicted molar refractivity (Wildman–Crippen MR) is 118 cm³/mol. The van der Waals surface area contributed by atoms with Gasteiger partial charge in [-0.15, -0.1) is 11.3 Å². The SMILES string of the molecule is COC(=O)c1sccc1NC(=O)CCc1ccc(-c2c(OC)cccc2OC)cc1. The number of hydrogen-bond donors (Lipinski definition) is 1. The van der Waals surface area contributed by atoms with E-state index in [-0.39, 0.29) is 5.91 Å². The maximum Gasteiger partial charge on any atom is 0.350 e. The van der Waals surface area contributed by atoms with Gasteiger partial charge in [0.25, 0.3) is 0 Å². The van der Waals surface area contributed by atoms with Gasteiger partial charge in [0, 0.05) is 6.42 Å². The van der Waals surface area contributed by atoms with Crippen LogP contribution < -0.4 is 14.8 Å². The van der Waals surface area contributed by atoms with Gasteiger partial charge in [-0.3, -0.25) is 4.79 Å². The summed E-state index contributed by atoms with van der Waals surface area (Å²) in [7, 11) is 4.58. The van der Waals surface area contributed by atoms with Gasteiger partial charge in [-0.2, -0.15) is 0 Å². The molecule has 1 N–H and O–H groups in total. The van der Waals surface area contributed by atoms with Crippen LogP contribution in [0.2, 0.25) is 0 Å². The van der Waals surface area contributed by atoms with Gasteiger partial charge in [-0.25, -0.2) is 4.79 Å². The minimum Gasteiger partial charge on any atom is -0.496 e. The minimum absolute atomic E-state index is 0.158. The zero-order valence-electron chi connectivity index (χ0n) is 17.1. The second-order valence-corrected chi connectivity index (χ2v) is 7.35. The van der Waals surface area contributed by atoms with Gasteiger partial charge in [0.15, 0.2) is 0 Å². The quantitative estimate of drug-likeness (QED) is 0.525. The van der Waals surface area contributed by atoms with Gasteiger partial charge in [-0.05, 0) is 41.1 Å². The summed E-state index contributed by atoms with van der Waals surface area (Å²) in [4.78, 5) is 24.4. The van der Waals surface area contributed by atoms with E-state index in [0.29, 0.717) is 23.4 Å². The number of thiophene rings is 1. The molecule has 0 saturated heterocycles. The van der Waals surface area contributed by atoms with Crippen molar-refractivity contribution < 1.29 is 23.8 Å². The molecule has 0 spiro atoms. The molecule has 2 aromatic carbocycles. The first kappa shape index (κ1) is 21.4. The number of carbonyl (C=O) groups excluding carboxylic acids is 2. The molecule has 0 atom stereocenters. The van der Waals surface area contributed by atoms with Crippen LogP contribution in [0.1, 0.15) is 21.7 Å². The molecule has 3 aromatic rings. The molecule has 0 unspecified atom stereocenters. The van der Waals surface area contributed by atoms with Crippen molar-refractivity contribution in [3.05, 3.63) is 64.4 Å². The number of rotatable bonds is 8. The van der Waals surface area contributed by atoms with Crippen molar-refractivity contribution >= 4 is 28.9 Å². The standard InChI is InChI=1S/C23H23NO5S/c1-27-18-5-4-6-19(28-2)21(18)16-10-7-15(8-11-16)9-12-20(25)24-17-13-14-30-22(17)23(26)29-3/h4-8,10-11,13-14H,9,12H2,1-3H3,(H,24,25). The van der Waals surface area contributed by atoms with Crippen LogP contribution in [0, 0.1) is 0 Å². The molecule has 1 aromatic heterocycles. The molecule has 7 heteroatoms. The van der Waals surface area contributed by atoms with Crippen molar-refractivity contribution in [3.63, 3.8) is 0 Å². The Kier molecular flexibility index (Phi) is 7.08. The van der Waals surface area contributed by atoms with E-state index >= 15 is 0 Å². The van der Waals surface area contributed by atoms with E-state index in [1.165, 1.54) is 18.4 Å². The monoisotopic (exact) mass is 425 g/mol. The van der Waals surface area contributed by atoms with Crippen LogP contribution in [0.5, 0.6) is 11.5 Å². The van der Waals surface area contributed by atoms with Gasteiger partial charge >= 0.3 is 5.97 Å². The predicted octanol–water partition coefficient (Wildman–Crippen LogP) is 4.79. The average molecular weight is 426 g/mol. The summed E-state index contributed by atoms with van der Waals surface area (Å²) in [5.41, 5.74) is 3.37. The van der Waals surface area contributed by atoms with Crippen LogP contribution >= 0.6 is 11.3 Å². The van der Waals surface area contributed by atoms with E-state index in [4.69, 9.17) is 14.2 Å². The Morgan fingerprint density at radius 3 is 2.20 bits per heavy atom. The number of esters is 1. The highest BCUT2D eigenvalue weighted by molar-refractivity contribution is 7.12. The normalized spacial score (nSPS) is 10.4. The number of aryl methyl sites for hydroxylation is 1. The molecule has 0 radical (unpaired) electrons. The highest BCUT2D eigenvalue weighted by atomic mass is 32.1. The molecular formula is C23H23NO5S. The third-order valence-corrected chi connectivity index (χ3v) is 5.52. The number of methoxy groups -OCH3 is 3. The van der Waals surface area contributed by atoms with Crippen LogP contribution in [0.25, 0.3) is 11.1 Å². The molecule has 0 aliphatic heterocycles. The molecule has 1 amide bonds. The minimum atomic E-state index is -0.456. The number of anilines is 1. The summed E-state index contributed by atoms with van der Waals surface area (Å²) in [6.45, 7) is 0. The number of hydrogen-bond acceptors (Lipinski definition) is 6. The first-order valence-corrected chi connectivity index (χ1v) is 10.2. The highest BCUT2D eigenvalue weighted by Gasteiger charge is 2.16. The Balaban J connectivity index is 1.65. The van der Waals surface area contributed by atoms with Crippen molar-refractivity contribution in [1.29, 1.82) is 0 Å². The number of ether oxygens (including phenoxy) is 3. The van der Waals surface area contributed by atoms with E-state index in [9.17, 15) is 9.59 Å². The van der Waals surface area contributed by atoms with E-state index in [2.05, 4.69) is 5.32 Å². The van der Waals surface area contributed by atoms with Crippen LogP contribution in [-0.2, 0) is 16.0 Å². The Bertz CT molecular complexity index is 1000. The summed E-state index contributed by atoms with van der Waals surface area (Å²) < 4.78 is 15.7. The third kappa shape index (κ3) is 4.80. The summed E-state index contributed by atoms with van der Waals surface area (Å²) in [5.74, 6) is 0.856. The van der Waals surface area contributed by atoms with E-state index in [1.807, 2.05) is 42.5 Å². The fourth-order valence-electron chi connectivity index (χ4n) is 3.10. The fourth-order valence-corrected chi connectivity index (χ4v) is 3.87. The number of amides is 1. The summed E-state index contributed by atoms with van der Waals surface area (Å²) in [5, 5.41) is 4.52. The maximum atomic E-state index is 12.3. The summed E-state index contributed by atoms with van der Waals surface area (Å²) in [6, 6.07) is 15.3. The van der Waals surface area contributed by atoms with Gasteiger partial charge in [-0.1, -0.05) is 30.3 Å². The Hall–Kier alpha value is -3.32. The van der Waals surface area contributed by atoms with Crippen LogP contribution in [0.4, 0.5) is 5.69 Å². The first-order chi connectivity index (χ1) is 14.6. The molecular weight excluding hydrogens is 402 g/mol. The van der Waals surface area contributed by atoms with E-state index in [0.717, 1.165) is 28.2 Å². The first-order valence-electron chi connectivity index (χ1n) is 9.33. The smallest absolute Gasteiger partial charge is 0.350 e. The topological polar surface area (TPSA) is 73.9 Å². The van der Waals surface area contributed by atoms with Crippen molar-refractivity contribution in [2.24, 2.45) is 0 Å². The second kappa shape index (κ2) is 9.93. The van der Waals surface area contributed by atoms with Gasteiger partial charge in [0.05, 0.1) is 32.6 Å². The van der Waals surface area contributed by atoms with Crippen LogP contribution in [-0.4, -0.2) is 33.2 Å². The van der Waals surface area contributed by atoms with Gasteiger partial charge in [0.2, 0.25) is 5.91 Å². The van der Waals surface area contributed by atoms with Crippen molar-refractivity contribution in [2.45, 2.75) is 12.8 Å². The highest BCUT2D eigenvalue weighted by Crippen LogP contribution is 2.38. The third-order valence-electron chi connectivity index (χ3n) is 4.62. The van der Waals surface area contributed by atoms with E-state index < -0.39 is 5.97 Å². The zero-order valence-corrected chi connectivity index (χ0v) is 17.9. The van der Waals surface area contributed by atoms with Crippen molar-refractivity contribution in [3.8, 4) is 22.6 Å². The summed E-state index contributed by atoms with van der Waals surface area (Å²) in [6.07, 6.45) is 0.876. The molecule has 1 heterocycles. The molecule has 156 valence electrons.